The summed E-state index contributed by atoms with van der Waals surface area (Å²) in [5.41, 5.74) is 3.20. The molecule has 3 N–H and O–H groups in total. The molecule has 0 saturated carbocycles. The van der Waals surface area contributed by atoms with Gasteiger partial charge in [-0.15, -0.1) is 0 Å². The van der Waals surface area contributed by atoms with Gasteiger partial charge in [0.1, 0.15) is 0 Å². The molecule has 21 heavy (non-hydrogen) atoms. The lowest BCUT2D eigenvalue weighted by Crippen LogP contribution is -2.35. The normalized spacial score (nSPS) is 18.4. The van der Waals surface area contributed by atoms with Crippen molar-refractivity contribution in [2.75, 3.05) is 0 Å². The lowest BCUT2D eigenvalue weighted by molar-refractivity contribution is 0.494. The maximum Gasteiger partial charge on any atom is 0.274 e. The zero-order valence-electron chi connectivity index (χ0n) is 11.6. The Balaban J connectivity index is 1.86. The number of nitrogens with zero attached hydrogens (tertiary/aromatic N) is 2. The SMILES string of the molecule is NS(=O)(=O)N[C@@H]1CCCc2c1cnn2Cc1ccccc1. The first-order valence-corrected chi connectivity index (χ1v) is 8.46. The van der Waals surface area contributed by atoms with Gasteiger partial charge in [-0.05, 0) is 24.8 Å². The molecule has 112 valence electrons. The van der Waals surface area contributed by atoms with Gasteiger partial charge in [0.15, 0.2) is 0 Å². The average molecular weight is 306 g/mol. The molecule has 0 saturated heterocycles. The van der Waals surface area contributed by atoms with Crippen LogP contribution in [0.15, 0.2) is 36.5 Å². The molecule has 0 unspecified atom stereocenters. The summed E-state index contributed by atoms with van der Waals surface area (Å²) in [5, 5.41) is 9.50. The number of aromatic nitrogens is 2. The van der Waals surface area contributed by atoms with Gasteiger partial charge in [0.05, 0.1) is 18.8 Å². The Morgan fingerprint density at radius 3 is 2.81 bits per heavy atom. The van der Waals surface area contributed by atoms with E-state index in [-0.39, 0.29) is 6.04 Å². The summed E-state index contributed by atoms with van der Waals surface area (Å²) in [6.45, 7) is 0.693. The van der Waals surface area contributed by atoms with Crippen molar-refractivity contribution >= 4 is 10.2 Å². The second-order valence-corrected chi connectivity index (χ2v) is 6.62. The fourth-order valence-electron chi connectivity index (χ4n) is 2.83. The molecule has 0 amide bonds. The number of benzene rings is 1. The first-order chi connectivity index (χ1) is 10.0. The minimum atomic E-state index is -3.70. The summed E-state index contributed by atoms with van der Waals surface area (Å²) < 4.78 is 26.9. The molecule has 0 aliphatic heterocycles. The van der Waals surface area contributed by atoms with Crippen LogP contribution in [-0.2, 0) is 23.2 Å². The summed E-state index contributed by atoms with van der Waals surface area (Å²) in [5.74, 6) is 0. The largest absolute Gasteiger partial charge is 0.274 e. The second kappa shape index (κ2) is 5.59. The van der Waals surface area contributed by atoms with E-state index in [1.807, 2.05) is 22.9 Å². The van der Waals surface area contributed by atoms with Crippen LogP contribution in [0.3, 0.4) is 0 Å². The lowest BCUT2D eigenvalue weighted by Gasteiger charge is -2.23. The molecule has 7 heteroatoms. The maximum absolute atomic E-state index is 11.2. The van der Waals surface area contributed by atoms with Gasteiger partial charge in [-0.2, -0.15) is 18.2 Å². The van der Waals surface area contributed by atoms with Crippen LogP contribution in [0.25, 0.3) is 0 Å². The molecule has 1 atom stereocenters. The molecule has 0 radical (unpaired) electrons. The smallest absolute Gasteiger partial charge is 0.265 e. The number of rotatable bonds is 4. The Bertz CT molecular complexity index is 725. The molecule has 0 spiro atoms. The van der Waals surface area contributed by atoms with E-state index in [9.17, 15) is 8.42 Å². The number of nitrogens with one attached hydrogen (secondary N) is 1. The van der Waals surface area contributed by atoms with Gasteiger partial charge in [-0.3, -0.25) is 4.68 Å². The summed E-state index contributed by atoms with van der Waals surface area (Å²) in [7, 11) is -3.70. The molecule has 1 aliphatic carbocycles. The zero-order valence-corrected chi connectivity index (χ0v) is 12.4. The first-order valence-electron chi connectivity index (χ1n) is 6.91. The van der Waals surface area contributed by atoms with Gasteiger partial charge in [0.25, 0.3) is 10.2 Å². The van der Waals surface area contributed by atoms with E-state index in [0.29, 0.717) is 6.54 Å². The van der Waals surface area contributed by atoms with Gasteiger partial charge in [-0.1, -0.05) is 30.3 Å². The highest BCUT2D eigenvalue weighted by Crippen LogP contribution is 2.30. The lowest BCUT2D eigenvalue weighted by atomic mass is 9.94. The van der Waals surface area contributed by atoms with Crippen molar-refractivity contribution in [2.45, 2.75) is 31.8 Å². The van der Waals surface area contributed by atoms with Gasteiger partial charge in [-0.25, -0.2) is 5.14 Å². The van der Waals surface area contributed by atoms with Crippen molar-refractivity contribution in [2.24, 2.45) is 5.14 Å². The van der Waals surface area contributed by atoms with Crippen LogP contribution < -0.4 is 9.86 Å². The number of nitrogens with two attached hydrogens (primary N) is 1. The predicted octanol–water partition coefficient (Wildman–Crippen LogP) is 1.10. The third-order valence-corrected chi connectivity index (χ3v) is 4.36. The number of hydrogen-bond donors (Lipinski definition) is 2. The Morgan fingerprint density at radius 1 is 1.33 bits per heavy atom. The molecular weight excluding hydrogens is 288 g/mol. The monoisotopic (exact) mass is 306 g/mol. The molecule has 2 aromatic rings. The van der Waals surface area contributed by atoms with Gasteiger partial charge in [0, 0.05) is 11.3 Å². The van der Waals surface area contributed by atoms with Gasteiger partial charge in [0.2, 0.25) is 0 Å². The van der Waals surface area contributed by atoms with Crippen LogP contribution in [-0.4, -0.2) is 18.2 Å². The van der Waals surface area contributed by atoms with E-state index < -0.39 is 10.2 Å². The minimum absolute atomic E-state index is 0.270. The maximum atomic E-state index is 11.2. The van der Waals surface area contributed by atoms with E-state index in [0.717, 1.165) is 30.5 Å². The fourth-order valence-corrected chi connectivity index (χ4v) is 3.47. The van der Waals surface area contributed by atoms with Crippen LogP contribution in [0, 0.1) is 0 Å². The highest BCUT2D eigenvalue weighted by atomic mass is 32.2. The summed E-state index contributed by atoms with van der Waals surface area (Å²) in [6.07, 6.45) is 4.33. The molecule has 3 rings (SSSR count). The van der Waals surface area contributed by atoms with Crippen LogP contribution in [0.5, 0.6) is 0 Å². The van der Waals surface area contributed by atoms with Crippen LogP contribution in [0.2, 0.25) is 0 Å². The van der Waals surface area contributed by atoms with Crippen molar-refractivity contribution in [3.8, 4) is 0 Å². The molecule has 1 aliphatic rings. The van der Waals surface area contributed by atoms with Crippen molar-refractivity contribution in [3.63, 3.8) is 0 Å². The molecule has 6 nitrogen and oxygen atoms in total. The Morgan fingerprint density at radius 2 is 2.10 bits per heavy atom. The zero-order chi connectivity index (χ0) is 14.9. The Kier molecular flexibility index (Phi) is 3.79. The van der Waals surface area contributed by atoms with Crippen LogP contribution >= 0.6 is 0 Å². The number of fused-ring (bicyclic) bond motifs is 1. The molecule has 0 bridgehead atoms. The van der Waals surface area contributed by atoms with Gasteiger partial charge >= 0.3 is 0 Å². The first kappa shape index (κ1) is 14.2. The van der Waals surface area contributed by atoms with Crippen molar-refractivity contribution in [1.82, 2.24) is 14.5 Å². The fraction of sp³-hybridized carbons (Fsp3) is 0.357. The highest BCUT2D eigenvalue weighted by molar-refractivity contribution is 7.87. The summed E-state index contributed by atoms with van der Waals surface area (Å²) >= 11 is 0. The summed E-state index contributed by atoms with van der Waals surface area (Å²) in [4.78, 5) is 0. The van der Waals surface area contributed by atoms with Gasteiger partial charge < -0.3 is 0 Å². The Hall–Kier alpha value is -1.70. The topological polar surface area (TPSA) is 90.0 Å². The molecule has 1 heterocycles. The van der Waals surface area contributed by atoms with E-state index in [1.165, 1.54) is 5.56 Å². The quantitative estimate of drug-likeness (QED) is 0.886. The standard InChI is InChI=1S/C14H18N4O2S/c15-21(19,20)17-13-7-4-8-14-12(13)9-16-18(14)10-11-5-2-1-3-6-11/h1-3,5-6,9,13,17H,4,7-8,10H2,(H2,15,19,20)/t13-/m1/s1. The minimum Gasteiger partial charge on any atom is -0.265 e. The van der Waals surface area contributed by atoms with E-state index in [2.05, 4.69) is 22.0 Å². The highest BCUT2D eigenvalue weighted by Gasteiger charge is 2.26. The van der Waals surface area contributed by atoms with E-state index in [1.54, 1.807) is 6.20 Å². The molecule has 0 fully saturated rings. The third kappa shape index (κ3) is 3.31. The van der Waals surface area contributed by atoms with Crippen LogP contribution in [0.4, 0.5) is 0 Å². The van der Waals surface area contributed by atoms with E-state index >= 15 is 0 Å². The van der Waals surface area contributed by atoms with E-state index in [4.69, 9.17) is 5.14 Å². The Labute approximate surface area is 124 Å². The average Bonchev–Trinajstić information content (AvgIpc) is 2.83. The van der Waals surface area contributed by atoms with Crippen molar-refractivity contribution in [1.29, 1.82) is 0 Å². The summed E-state index contributed by atoms with van der Waals surface area (Å²) in [6, 6.07) is 9.81. The number of hydrogen-bond acceptors (Lipinski definition) is 3. The third-order valence-electron chi connectivity index (χ3n) is 3.74. The van der Waals surface area contributed by atoms with Crippen molar-refractivity contribution < 1.29 is 8.42 Å². The molecule has 1 aromatic carbocycles. The second-order valence-electron chi connectivity index (χ2n) is 5.30. The van der Waals surface area contributed by atoms with Crippen LogP contribution in [0.1, 0.15) is 35.7 Å². The molecular formula is C14H18N4O2S. The predicted molar refractivity (Wildman–Crippen MR) is 79.7 cm³/mol. The molecule has 1 aromatic heterocycles. The van der Waals surface area contributed by atoms with Crippen molar-refractivity contribution in [3.05, 3.63) is 53.3 Å².